The Morgan fingerprint density at radius 2 is 2.16 bits per heavy atom. The molecule has 5 atom stereocenters. The third-order valence-corrected chi connectivity index (χ3v) is 8.73. The molecule has 5 aliphatic rings. The van der Waals surface area contributed by atoms with Gasteiger partial charge in [-0.15, -0.1) is 0 Å². The summed E-state index contributed by atoms with van der Waals surface area (Å²) in [5.41, 5.74) is 0.875. The monoisotopic (exact) mass is 428 g/mol. The van der Waals surface area contributed by atoms with Crippen LogP contribution in [0, 0.1) is 5.92 Å². The van der Waals surface area contributed by atoms with Gasteiger partial charge in [-0.3, -0.25) is 9.69 Å². The van der Waals surface area contributed by atoms with Crippen molar-refractivity contribution >= 4 is 5.97 Å². The molecule has 3 N–H and O–H groups in total. The van der Waals surface area contributed by atoms with Crippen LogP contribution < -0.4 is 10.1 Å². The van der Waals surface area contributed by atoms with Gasteiger partial charge >= 0.3 is 5.97 Å². The van der Waals surface area contributed by atoms with Gasteiger partial charge in [0.2, 0.25) is 0 Å². The van der Waals surface area contributed by atoms with E-state index in [-0.39, 0.29) is 29.9 Å². The first-order valence-corrected chi connectivity index (χ1v) is 11.8. The number of esters is 1. The molecule has 3 fully saturated rings. The van der Waals surface area contributed by atoms with Gasteiger partial charge in [0.05, 0.1) is 24.5 Å². The summed E-state index contributed by atoms with van der Waals surface area (Å²) in [7, 11) is 1.40. The molecule has 6 rings (SSSR count). The zero-order valence-corrected chi connectivity index (χ0v) is 18.1. The van der Waals surface area contributed by atoms with E-state index in [0.29, 0.717) is 25.1 Å². The summed E-state index contributed by atoms with van der Waals surface area (Å²) in [6.07, 6.45) is 5.78. The molecule has 1 aromatic carbocycles. The first-order chi connectivity index (χ1) is 15.0. The Kier molecular flexibility index (Phi) is 4.37. The van der Waals surface area contributed by atoms with Crippen LogP contribution in [-0.4, -0.2) is 71.6 Å². The van der Waals surface area contributed by atoms with Gasteiger partial charge in [-0.2, -0.15) is 0 Å². The van der Waals surface area contributed by atoms with Crippen molar-refractivity contribution in [2.24, 2.45) is 5.92 Å². The average molecular weight is 429 g/mol. The van der Waals surface area contributed by atoms with Crippen molar-refractivity contribution in [3.05, 3.63) is 23.3 Å². The van der Waals surface area contributed by atoms with Crippen LogP contribution in [0.2, 0.25) is 0 Å². The molecule has 0 aromatic heterocycles. The maximum Gasteiger partial charge on any atom is 0.306 e. The summed E-state index contributed by atoms with van der Waals surface area (Å²) in [5.74, 6) is 1.27. The number of aromatic hydroxyl groups is 1. The summed E-state index contributed by atoms with van der Waals surface area (Å²) in [6, 6.07) is 3.88. The third-order valence-electron chi connectivity index (χ3n) is 8.73. The number of likely N-dealkylation sites (tertiary alicyclic amines) is 1. The van der Waals surface area contributed by atoms with Crippen LogP contribution in [0.4, 0.5) is 0 Å². The fourth-order valence-corrected chi connectivity index (χ4v) is 7.15. The largest absolute Gasteiger partial charge is 0.504 e. The molecular formula is C24H32N2O5. The molecule has 7 nitrogen and oxygen atoms in total. The maximum atomic E-state index is 12.4. The van der Waals surface area contributed by atoms with Crippen molar-refractivity contribution < 1.29 is 24.5 Å². The van der Waals surface area contributed by atoms with Crippen LogP contribution in [0.3, 0.4) is 0 Å². The van der Waals surface area contributed by atoms with E-state index in [1.807, 2.05) is 6.07 Å². The Morgan fingerprint density at radius 1 is 1.32 bits per heavy atom. The fraction of sp³-hybridized carbons (Fsp3) is 0.708. The molecule has 0 radical (unpaired) electrons. The number of nitrogens with zero attached hydrogens (tertiary/aromatic N) is 1. The number of ether oxygens (including phenoxy) is 2. The SMILES string of the molecule is COC(=O)CCNC1CC[C@@]2(O)[C@H]3Cc4ccc(O)c5c4[C@@]2(CCN3CC2CC2)[C@H]1O5. The lowest BCUT2D eigenvalue weighted by Crippen LogP contribution is -2.78. The van der Waals surface area contributed by atoms with Crippen molar-refractivity contribution in [1.29, 1.82) is 0 Å². The lowest BCUT2D eigenvalue weighted by Gasteiger charge is -2.64. The van der Waals surface area contributed by atoms with Crippen LogP contribution in [0.25, 0.3) is 0 Å². The van der Waals surface area contributed by atoms with Gasteiger partial charge in [0.15, 0.2) is 11.5 Å². The minimum atomic E-state index is -0.864. The van der Waals surface area contributed by atoms with Crippen molar-refractivity contribution in [2.45, 2.75) is 74.1 Å². The fourth-order valence-electron chi connectivity index (χ4n) is 7.15. The molecule has 2 aliphatic heterocycles. The number of rotatable bonds is 6. The summed E-state index contributed by atoms with van der Waals surface area (Å²) in [4.78, 5) is 14.1. The Labute approximate surface area is 182 Å². The van der Waals surface area contributed by atoms with Crippen LogP contribution in [0.5, 0.6) is 11.5 Å². The smallest absolute Gasteiger partial charge is 0.306 e. The van der Waals surface area contributed by atoms with E-state index in [2.05, 4.69) is 10.2 Å². The molecule has 3 aliphatic carbocycles. The molecule has 2 bridgehead atoms. The van der Waals surface area contributed by atoms with Crippen molar-refractivity contribution in [3.8, 4) is 11.5 Å². The minimum absolute atomic E-state index is 0.0123. The number of carbonyl (C=O) groups excluding carboxylic acids is 1. The van der Waals surface area contributed by atoms with Crippen LogP contribution in [-0.2, 0) is 21.4 Å². The van der Waals surface area contributed by atoms with Gasteiger partial charge in [-0.1, -0.05) is 6.07 Å². The second-order valence-corrected chi connectivity index (χ2v) is 10.2. The minimum Gasteiger partial charge on any atom is -0.504 e. The van der Waals surface area contributed by atoms with E-state index in [4.69, 9.17) is 9.47 Å². The molecule has 1 unspecified atom stereocenters. The topological polar surface area (TPSA) is 91.3 Å². The molecule has 1 spiro atoms. The summed E-state index contributed by atoms with van der Waals surface area (Å²) >= 11 is 0. The first-order valence-electron chi connectivity index (χ1n) is 11.8. The highest BCUT2D eigenvalue weighted by Crippen LogP contribution is 2.65. The number of aliphatic hydroxyl groups is 1. The van der Waals surface area contributed by atoms with E-state index >= 15 is 0 Å². The number of nitrogens with one attached hydrogen (secondary N) is 1. The molecule has 1 aromatic rings. The van der Waals surface area contributed by atoms with Gasteiger partial charge in [-0.25, -0.2) is 0 Å². The van der Waals surface area contributed by atoms with E-state index in [1.54, 1.807) is 6.07 Å². The van der Waals surface area contributed by atoms with Gasteiger partial charge in [0, 0.05) is 30.7 Å². The lowest BCUT2D eigenvalue weighted by molar-refractivity contribution is -0.191. The van der Waals surface area contributed by atoms with E-state index in [9.17, 15) is 15.0 Å². The van der Waals surface area contributed by atoms with Crippen molar-refractivity contribution in [3.63, 3.8) is 0 Å². The van der Waals surface area contributed by atoms with Crippen LogP contribution >= 0.6 is 0 Å². The predicted molar refractivity (Wildman–Crippen MR) is 113 cm³/mol. The van der Waals surface area contributed by atoms with E-state index < -0.39 is 11.0 Å². The molecule has 2 heterocycles. The van der Waals surface area contributed by atoms with Gasteiger partial charge in [0.25, 0.3) is 0 Å². The van der Waals surface area contributed by atoms with Crippen molar-refractivity contribution in [2.75, 3.05) is 26.7 Å². The summed E-state index contributed by atoms with van der Waals surface area (Å²) in [6.45, 7) is 2.54. The number of benzene rings is 1. The molecule has 2 saturated carbocycles. The number of carbonyl (C=O) groups is 1. The molecular weight excluding hydrogens is 396 g/mol. The summed E-state index contributed by atoms with van der Waals surface area (Å²) in [5, 5.41) is 26.5. The number of piperidine rings is 1. The lowest BCUT2D eigenvalue weighted by atomic mass is 9.48. The zero-order chi connectivity index (χ0) is 21.4. The molecule has 1 saturated heterocycles. The van der Waals surface area contributed by atoms with Crippen LogP contribution in [0.15, 0.2) is 12.1 Å². The Bertz CT molecular complexity index is 917. The second-order valence-electron chi connectivity index (χ2n) is 10.2. The predicted octanol–water partition coefficient (Wildman–Crippen LogP) is 1.48. The number of hydrogen-bond donors (Lipinski definition) is 3. The molecule has 168 valence electrons. The van der Waals surface area contributed by atoms with Gasteiger partial charge < -0.3 is 25.0 Å². The normalized spacial score (nSPS) is 37.8. The second kappa shape index (κ2) is 6.83. The highest BCUT2D eigenvalue weighted by molar-refractivity contribution is 5.69. The van der Waals surface area contributed by atoms with Gasteiger partial charge in [0.1, 0.15) is 6.10 Å². The van der Waals surface area contributed by atoms with E-state index in [0.717, 1.165) is 43.8 Å². The number of phenolic OH excluding ortho intramolecular Hbond substituents is 1. The first kappa shape index (κ1) is 19.8. The number of phenols is 1. The quantitative estimate of drug-likeness (QED) is 0.591. The van der Waals surface area contributed by atoms with Gasteiger partial charge in [-0.05, 0) is 62.6 Å². The molecule has 0 amide bonds. The molecule has 7 heteroatoms. The van der Waals surface area contributed by atoms with Crippen molar-refractivity contribution in [1.82, 2.24) is 10.2 Å². The molecule has 31 heavy (non-hydrogen) atoms. The average Bonchev–Trinajstić information content (AvgIpc) is 3.50. The zero-order valence-electron chi connectivity index (χ0n) is 18.1. The number of methoxy groups -OCH3 is 1. The Hall–Kier alpha value is -1.83. The highest BCUT2D eigenvalue weighted by atomic mass is 16.5. The van der Waals surface area contributed by atoms with E-state index in [1.165, 1.54) is 25.5 Å². The van der Waals surface area contributed by atoms with Crippen LogP contribution in [0.1, 0.15) is 49.7 Å². The Balaban J connectivity index is 1.38. The maximum absolute atomic E-state index is 12.4. The standard InChI is InChI=1S/C24H32N2O5/c1-30-19(28)7-10-25-16-6-8-24(29)18-12-15-4-5-17(27)21-20(15)23(24,22(16)31-21)9-11-26(18)13-14-2-3-14/h4-5,14,16,18,22,25,27,29H,2-3,6-13H2,1H3/t16?,18-,22+,23+,24-/m1/s1. The summed E-state index contributed by atoms with van der Waals surface area (Å²) < 4.78 is 11.3. The third kappa shape index (κ3) is 2.66. The Morgan fingerprint density at radius 3 is 2.94 bits per heavy atom. The highest BCUT2D eigenvalue weighted by Gasteiger charge is 2.72. The number of hydrogen-bond acceptors (Lipinski definition) is 7.